The zero-order valence-corrected chi connectivity index (χ0v) is 14.6. The Labute approximate surface area is 154 Å². The number of carboxylic acids is 1. The highest BCUT2D eigenvalue weighted by Gasteiger charge is 2.15. The highest BCUT2D eigenvalue weighted by Crippen LogP contribution is 2.24. The normalized spacial score (nSPS) is 10.5. The number of hydrogen-bond acceptors (Lipinski definition) is 5. The van der Waals surface area contributed by atoms with Crippen molar-refractivity contribution in [3.05, 3.63) is 70.0 Å². The summed E-state index contributed by atoms with van der Waals surface area (Å²) in [5, 5.41) is 13.8. The van der Waals surface area contributed by atoms with Gasteiger partial charge in [0.05, 0.1) is 12.1 Å². The third kappa shape index (κ3) is 4.14. The topological polar surface area (TPSA) is 105 Å². The molecular formula is C19H17N3O3S. The van der Waals surface area contributed by atoms with Crippen LogP contribution in [-0.4, -0.2) is 22.0 Å². The molecule has 2 aromatic carbocycles. The van der Waals surface area contributed by atoms with Gasteiger partial charge in [-0.2, -0.15) is 0 Å². The molecule has 1 heterocycles. The van der Waals surface area contributed by atoms with E-state index in [1.165, 1.54) is 11.3 Å². The standard InChI is InChI=1S/C19H17N3O3S/c20-10-12-4-3-6-13(8-12)16-11-26-19(22-16)18(25)21-15-7-2-1-5-14(15)9-17(23)24/h1-8,11H,9-10,20H2,(H,21,25)(H,23,24). The molecule has 0 aliphatic rings. The van der Waals surface area contributed by atoms with Crippen LogP contribution in [0.1, 0.15) is 20.9 Å². The lowest BCUT2D eigenvalue weighted by Crippen LogP contribution is -2.14. The Morgan fingerprint density at radius 1 is 1.15 bits per heavy atom. The first-order chi connectivity index (χ1) is 12.6. The van der Waals surface area contributed by atoms with Gasteiger partial charge in [-0.3, -0.25) is 9.59 Å². The number of rotatable bonds is 6. The molecule has 3 rings (SSSR count). The van der Waals surface area contributed by atoms with E-state index >= 15 is 0 Å². The molecule has 1 aromatic heterocycles. The van der Waals surface area contributed by atoms with E-state index in [0.29, 0.717) is 28.5 Å². The van der Waals surface area contributed by atoms with Crippen LogP contribution in [0, 0.1) is 0 Å². The average molecular weight is 367 g/mol. The molecule has 0 saturated heterocycles. The molecule has 132 valence electrons. The molecule has 0 aliphatic carbocycles. The number of nitrogens with zero attached hydrogens (tertiary/aromatic N) is 1. The number of aromatic nitrogens is 1. The highest BCUT2D eigenvalue weighted by molar-refractivity contribution is 7.12. The molecule has 1 amide bonds. The minimum Gasteiger partial charge on any atom is -0.481 e. The third-order valence-corrected chi connectivity index (χ3v) is 4.61. The number of hydrogen-bond donors (Lipinski definition) is 3. The molecule has 0 atom stereocenters. The van der Waals surface area contributed by atoms with Crippen LogP contribution < -0.4 is 11.1 Å². The predicted molar refractivity (Wildman–Crippen MR) is 101 cm³/mol. The second kappa shape index (κ2) is 7.90. The van der Waals surface area contributed by atoms with E-state index in [-0.39, 0.29) is 12.3 Å². The fraction of sp³-hybridized carbons (Fsp3) is 0.105. The van der Waals surface area contributed by atoms with E-state index in [1.807, 2.05) is 29.6 Å². The van der Waals surface area contributed by atoms with Gasteiger partial charge in [0.2, 0.25) is 0 Å². The molecule has 0 unspecified atom stereocenters. The van der Waals surface area contributed by atoms with Gasteiger partial charge in [0.25, 0.3) is 5.91 Å². The molecule has 0 spiro atoms. The summed E-state index contributed by atoms with van der Waals surface area (Å²) >= 11 is 1.23. The summed E-state index contributed by atoms with van der Waals surface area (Å²) < 4.78 is 0. The van der Waals surface area contributed by atoms with Gasteiger partial charge in [-0.25, -0.2) is 4.98 Å². The third-order valence-electron chi connectivity index (χ3n) is 3.76. The van der Waals surface area contributed by atoms with Crippen molar-refractivity contribution in [2.45, 2.75) is 13.0 Å². The van der Waals surface area contributed by atoms with Crippen LogP contribution in [0.25, 0.3) is 11.3 Å². The molecular weight excluding hydrogens is 350 g/mol. The predicted octanol–water partition coefficient (Wildman–Crippen LogP) is 3.15. The largest absolute Gasteiger partial charge is 0.481 e. The quantitative estimate of drug-likeness (QED) is 0.621. The Balaban J connectivity index is 1.80. The molecule has 0 aliphatic heterocycles. The lowest BCUT2D eigenvalue weighted by molar-refractivity contribution is -0.136. The van der Waals surface area contributed by atoms with Gasteiger partial charge >= 0.3 is 5.97 Å². The fourth-order valence-corrected chi connectivity index (χ4v) is 3.22. The Bertz CT molecular complexity index is 952. The number of thiazole rings is 1. The number of carboxylic acid groups (broad SMARTS) is 1. The van der Waals surface area contributed by atoms with Crippen molar-refractivity contribution in [2.24, 2.45) is 5.73 Å². The average Bonchev–Trinajstić information content (AvgIpc) is 3.13. The summed E-state index contributed by atoms with van der Waals surface area (Å²) in [5.74, 6) is -1.32. The summed E-state index contributed by atoms with van der Waals surface area (Å²) in [6.07, 6.45) is -0.161. The van der Waals surface area contributed by atoms with Crippen molar-refractivity contribution in [3.8, 4) is 11.3 Å². The second-order valence-electron chi connectivity index (χ2n) is 5.62. The van der Waals surface area contributed by atoms with Crippen LogP contribution in [0.4, 0.5) is 5.69 Å². The van der Waals surface area contributed by atoms with Crippen molar-refractivity contribution < 1.29 is 14.7 Å². The first-order valence-corrected chi connectivity index (χ1v) is 8.80. The van der Waals surface area contributed by atoms with Crippen LogP contribution in [-0.2, 0) is 17.8 Å². The Kier molecular flexibility index (Phi) is 5.40. The number of nitrogens with two attached hydrogens (primary N) is 1. The number of anilines is 1. The number of benzene rings is 2. The van der Waals surface area contributed by atoms with E-state index in [2.05, 4.69) is 10.3 Å². The van der Waals surface area contributed by atoms with E-state index in [9.17, 15) is 9.59 Å². The second-order valence-corrected chi connectivity index (χ2v) is 6.48. The van der Waals surface area contributed by atoms with Gasteiger partial charge in [0, 0.05) is 23.2 Å². The monoisotopic (exact) mass is 367 g/mol. The minimum atomic E-state index is -0.956. The minimum absolute atomic E-state index is 0.161. The first kappa shape index (κ1) is 17.8. The van der Waals surface area contributed by atoms with Gasteiger partial charge in [-0.1, -0.05) is 36.4 Å². The zero-order chi connectivity index (χ0) is 18.5. The number of carbonyl (C=O) groups is 2. The highest BCUT2D eigenvalue weighted by atomic mass is 32.1. The van der Waals surface area contributed by atoms with E-state index < -0.39 is 5.97 Å². The smallest absolute Gasteiger partial charge is 0.307 e. The van der Waals surface area contributed by atoms with E-state index in [1.54, 1.807) is 24.3 Å². The number of amides is 1. The summed E-state index contributed by atoms with van der Waals surface area (Å²) in [5.41, 5.74) is 9.27. The van der Waals surface area contributed by atoms with Crippen LogP contribution >= 0.6 is 11.3 Å². The van der Waals surface area contributed by atoms with Crippen LogP contribution in [0.2, 0.25) is 0 Å². The van der Waals surface area contributed by atoms with Crippen LogP contribution in [0.5, 0.6) is 0 Å². The van der Waals surface area contributed by atoms with Gasteiger partial charge in [0.1, 0.15) is 0 Å². The molecule has 4 N–H and O–H groups in total. The summed E-state index contributed by atoms with van der Waals surface area (Å²) in [7, 11) is 0. The molecule has 6 nitrogen and oxygen atoms in total. The van der Waals surface area contributed by atoms with Gasteiger partial charge in [-0.05, 0) is 23.3 Å². The number of para-hydroxylation sites is 1. The SMILES string of the molecule is NCc1cccc(-c2csc(C(=O)Nc3ccccc3CC(=O)O)n2)c1. The summed E-state index contributed by atoms with van der Waals surface area (Å²) in [6.45, 7) is 0.436. The molecule has 7 heteroatoms. The van der Waals surface area contributed by atoms with Crippen LogP contribution in [0.3, 0.4) is 0 Å². The Morgan fingerprint density at radius 2 is 1.96 bits per heavy atom. The lowest BCUT2D eigenvalue weighted by Gasteiger charge is -2.08. The van der Waals surface area contributed by atoms with Gasteiger partial charge in [-0.15, -0.1) is 11.3 Å². The number of carbonyl (C=O) groups excluding carboxylic acids is 1. The maximum Gasteiger partial charge on any atom is 0.307 e. The van der Waals surface area contributed by atoms with Crippen LogP contribution in [0.15, 0.2) is 53.9 Å². The van der Waals surface area contributed by atoms with Crippen molar-refractivity contribution >= 4 is 28.9 Å². The molecule has 0 fully saturated rings. The molecule has 0 radical (unpaired) electrons. The van der Waals surface area contributed by atoms with Gasteiger partial charge < -0.3 is 16.2 Å². The van der Waals surface area contributed by atoms with Crippen molar-refractivity contribution in [2.75, 3.05) is 5.32 Å². The summed E-state index contributed by atoms with van der Waals surface area (Å²) in [6, 6.07) is 14.5. The van der Waals surface area contributed by atoms with Crippen molar-refractivity contribution in [3.63, 3.8) is 0 Å². The maximum absolute atomic E-state index is 12.5. The van der Waals surface area contributed by atoms with E-state index in [0.717, 1.165) is 11.1 Å². The number of nitrogens with one attached hydrogen (secondary N) is 1. The van der Waals surface area contributed by atoms with Crippen molar-refractivity contribution in [1.82, 2.24) is 4.98 Å². The first-order valence-electron chi connectivity index (χ1n) is 7.93. The molecule has 26 heavy (non-hydrogen) atoms. The molecule has 3 aromatic rings. The Morgan fingerprint density at radius 3 is 2.73 bits per heavy atom. The summed E-state index contributed by atoms with van der Waals surface area (Å²) in [4.78, 5) is 27.8. The Hall–Kier alpha value is -3.03. The lowest BCUT2D eigenvalue weighted by atomic mass is 10.1. The molecule has 0 saturated carbocycles. The maximum atomic E-state index is 12.5. The number of aliphatic carboxylic acids is 1. The van der Waals surface area contributed by atoms with Gasteiger partial charge in [0.15, 0.2) is 5.01 Å². The fourth-order valence-electron chi connectivity index (χ4n) is 2.50. The van der Waals surface area contributed by atoms with E-state index in [4.69, 9.17) is 10.8 Å². The zero-order valence-electron chi connectivity index (χ0n) is 13.8. The molecule has 0 bridgehead atoms. The van der Waals surface area contributed by atoms with Crippen molar-refractivity contribution in [1.29, 1.82) is 0 Å².